The molecule has 114 valence electrons. The number of nitrogens with one attached hydrogen (secondary N) is 2. The molecule has 0 saturated heterocycles. The van der Waals surface area contributed by atoms with E-state index < -0.39 is 0 Å². The Morgan fingerprint density at radius 2 is 2.18 bits per heavy atom. The van der Waals surface area contributed by atoms with Crippen molar-refractivity contribution in [1.82, 2.24) is 15.3 Å². The highest BCUT2D eigenvalue weighted by atomic mass is 32.1. The third kappa shape index (κ3) is 2.76. The van der Waals surface area contributed by atoms with Gasteiger partial charge in [0.05, 0.1) is 22.0 Å². The zero-order valence-corrected chi connectivity index (χ0v) is 13.8. The lowest BCUT2D eigenvalue weighted by atomic mass is 10.2. The molecule has 2 heterocycles. The Labute approximate surface area is 133 Å². The van der Waals surface area contributed by atoms with Crippen LogP contribution in [0.1, 0.15) is 45.8 Å². The van der Waals surface area contributed by atoms with Gasteiger partial charge < -0.3 is 10.3 Å². The number of H-pyrrole nitrogens is 1. The normalized spacial score (nSPS) is 12.5. The Morgan fingerprint density at radius 1 is 1.41 bits per heavy atom. The van der Waals surface area contributed by atoms with Crippen molar-refractivity contribution in [2.24, 2.45) is 0 Å². The molecule has 1 unspecified atom stereocenters. The summed E-state index contributed by atoms with van der Waals surface area (Å²) in [6.45, 7) is 6.10. The van der Waals surface area contributed by atoms with E-state index in [1.165, 1.54) is 10.4 Å². The number of carbonyl (C=O) groups excluding carboxylic acids is 1. The maximum atomic E-state index is 12.4. The van der Waals surface area contributed by atoms with Crippen molar-refractivity contribution in [3.8, 4) is 0 Å². The summed E-state index contributed by atoms with van der Waals surface area (Å²) in [5, 5.41) is 3.02. The number of aryl methyl sites for hydroxylation is 2. The number of hydrogen-bond acceptors (Lipinski definition) is 3. The van der Waals surface area contributed by atoms with Gasteiger partial charge in [-0.1, -0.05) is 19.1 Å². The van der Waals surface area contributed by atoms with Gasteiger partial charge in [-0.3, -0.25) is 4.79 Å². The molecule has 3 rings (SSSR count). The molecule has 1 amide bonds. The second kappa shape index (κ2) is 5.93. The topological polar surface area (TPSA) is 57.8 Å². The lowest BCUT2D eigenvalue weighted by Crippen LogP contribution is -2.26. The fourth-order valence-electron chi connectivity index (χ4n) is 2.50. The SMILES string of the molecule is CCc1cc(C(=O)NC(C)c2nc3ccccc3[nH]2)sc1C. The summed E-state index contributed by atoms with van der Waals surface area (Å²) in [5.74, 6) is 0.735. The standard InChI is InChI=1S/C17H19N3OS/c1-4-12-9-15(22-11(12)3)17(21)18-10(2)16-19-13-7-5-6-8-14(13)20-16/h5-10H,4H2,1-3H3,(H,18,21)(H,19,20). The summed E-state index contributed by atoms with van der Waals surface area (Å²) in [6.07, 6.45) is 0.953. The zero-order chi connectivity index (χ0) is 15.7. The molecule has 0 saturated carbocycles. The second-order valence-corrected chi connectivity index (χ2v) is 6.64. The maximum absolute atomic E-state index is 12.4. The fourth-order valence-corrected chi connectivity index (χ4v) is 3.51. The first-order chi connectivity index (χ1) is 10.6. The largest absolute Gasteiger partial charge is 0.342 e. The number of imidazole rings is 1. The summed E-state index contributed by atoms with van der Waals surface area (Å²) in [6, 6.07) is 9.69. The van der Waals surface area contributed by atoms with Gasteiger partial charge >= 0.3 is 0 Å². The highest BCUT2D eigenvalue weighted by molar-refractivity contribution is 7.14. The molecule has 0 aliphatic rings. The molecule has 5 heteroatoms. The number of nitrogens with zero attached hydrogens (tertiary/aromatic N) is 1. The number of para-hydroxylation sites is 2. The van der Waals surface area contributed by atoms with E-state index in [0.717, 1.165) is 28.2 Å². The van der Waals surface area contributed by atoms with Gasteiger partial charge in [-0.25, -0.2) is 4.98 Å². The van der Waals surface area contributed by atoms with Gasteiger partial charge in [0.1, 0.15) is 5.82 Å². The number of amides is 1. The molecule has 2 aromatic heterocycles. The fraction of sp³-hybridized carbons (Fsp3) is 0.294. The van der Waals surface area contributed by atoms with E-state index in [9.17, 15) is 4.79 Å². The monoisotopic (exact) mass is 313 g/mol. The Bertz CT molecular complexity index is 785. The van der Waals surface area contributed by atoms with Crippen molar-refractivity contribution in [3.63, 3.8) is 0 Å². The minimum absolute atomic E-state index is 0.0410. The van der Waals surface area contributed by atoms with Crippen LogP contribution in [0.2, 0.25) is 0 Å². The van der Waals surface area contributed by atoms with Crippen molar-refractivity contribution >= 4 is 28.3 Å². The summed E-state index contributed by atoms with van der Waals surface area (Å²) in [5.41, 5.74) is 3.14. The number of fused-ring (bicyclic) bond motifs is 1. The Morgan fingerprint density at radius 3 is 2.86 bits per heavy atom. The van der Waals surface area contributed by atoms with Crippen LogP contribution in [0.15, 0.2) is 30.3 Å². The van der Waals surface area contributed by atoms with Gasteiger partial charge in [0.15, 0.2) is 0 Å². The highest BCUT2D eigenvalue weighted by Gasteiger charge is 2.17. The van der Waals surface area contributed by atoms with Crippen LogP contribution in [-0.4, -0.2) is 15.9 Å². The molecule has 2 N–H and O–H groups in total. The number of thiophene rings is 1. The average molecular weight is 313 g/mol. The van der Waals surface area contributed by atoms with E-state index in [1.54, 1.807) is 11.3 Å². The third-order valence-corrected chi connectivity index (χ3v) is 4.88. The van der Waals surface area contributed by atoms with E-state index in [4.69, 9.17) is 0 Å². The molecule has 1 atom stereocenters. The summed E-state index contributed by atoms with van der Waals surface area (Å²) < 4.78 is 0. The maximum Gasteiger partial charge on any atom is 0.261 e. The minimum atomic E-state index is -0.160. The van der Waals surface area contributed by atoms with Gasteiger partial charge in [0, 0.05) is 4.88 Å². The van der Waals surface area contributed by atoms with E-state index >= 15 is 0 Å². The molecule has 0 radical (unpaired) electrons. The van der Waals surface area contributed by atoms with Gasteiger partial charge in [-0.15, -0.1) is 11.3 Å². The van der Waals surface area contributed by atoms with Crippen molar-refractivity contribution in [3.05, 3.63) is 51.5 Å². The second-order valence-electron chi connectivity index (χ2n) is 5.38. The van der Waals surface area contributed by atoms with E-state index in [0.29, 0.717) is 0 Å². The number of hydrogen-bond donors (Lipinski definition) is 2. The van der Waals surface area contributed by atoms with E-state index in [-0.39, 0.29) is 11.9 Å². The molecule has 22 heavy (non-hydrogen) atoms. The first kappa shape index (κ1) is 14.8. The van der Waals surface area contributed by atoms with Crippen LogP contribution in [0.3, 0.4) is 0 Å². The first-order valence-electron chi connectivity index (χ1n) is 7.43. The van der Waals surface area contributed by atoms with Crippen LogP contribution >= 0.6 is 11.3 Å². The lowest BCUT2D eigenvalue weighted by molar-refractivity contribution is 0.0942. The van der Waals surface area contributed by atoms with Crippen LogP contribution in [0.5, 0.6) is 0 Å². The van der Waals surface area contributed by atoms with Gasteiger partial charge in [0.2, 0.25) is 0 Å². The predicted molar refractivity (Wildman–Crippen MR) is 90.4 cm³/mol. The summed E-state index contributed by atoms with van der Waals surface area (Å²) >= 11 is 1.55. The van der Waals surface area contributed by atoms with Crippen LogP contribution < -0.4 is 5.32 Å². The van der Waals surface area contributed by atoms with Crippen molar-refractivity contribution < 1.29 is 4.79 Å². The quantitative estimate of drug-likeness (QED) is 0.765. The lowest BCUT2D eigenvalue weighted by Gasteiger charge is -2.10. The van der Waals surface area contributed by atoms with Crippen LogP contribution in [0.4, 0.5) is 0 Å². The molecule has 3 aromatic rings. The molecule has 0 spiro atoms. The summed E-state index contributed by atoms with van der Waals surface area (Å²) in [7, 11) is 0. The van der Waals surface area contributed by atoms with Gasteiger partial charge in [-0.05, 0) is 44.0 Å². The molecular formula is C17H19N3OS. The predicted octanol–water partition coefficient (Wildman–Crippen LogP) is 3.99. The molecular weight excluding hydrogens is 294 g/mol. The minimum Gasteiger partial charge on any atom is -0.342 e. The Hall–Kier alpha value is -2.14. The molecule has 0 bridgehead atoms. The zero-order valence-electron chi connectivity index (χ0n) is 12.9. The Kier molecular flexibility index (Phi) is 3.98. The van der Waals surface area contributed by atoms with E-state index in [2.05, 4.69) is 29.1 Å². The number of aromatic amines is 1. The van der Waals surface area contributed by atoms with Crippen molar-refractivity contribution in [1.29, 1.82) is 0 Å². The molecule has 0 aliphatic carbocycles. The number of aromatic nitrogens is 2. The Balaban J connectivity index is 1.77. The number of benzene rings is 1. The number of carbonyl (C=O) groups is 1. The molecule has 0 aliphatic heterocycles. The van der Waals surface area contributed by atoms with Crippen LogP contribution in [-0.2, 0) is 6.42 Å². The average Bonchev–Trinajstić information content (AvgIpc) is 3.10. The molecule has 4 nitrogen and oxygen atoms in total. The van der Waals surface area contributed by atoms with Crippen molar-refractivity contribution in [2.45, 2.75) is 33.2 Å². The molecule has 1 aromatic carbocycles. The van der Waals surface area contributed by atoms with Crippen molar-refractivity contribution in [2.75, 3.05) is 0 Å². The van der Waals surface area contributed by atoms with Crippen LogP contribution in [0, 0.1) is 6.92 Å². The summed E-state index contributed by atoms with van der Waals surface area (Å²) in [4.78, 5) is 22.1. The van der Waals surface area contributed by atoms with Gasteiger partial charge in [-0.2, -0.15) is 0 Å². The van der Waals surface area contributed by atoms with E-state index in [1.807, 2.05) is 37.3 Å². The van der Waals surface area contributed by atoms with Gasteiger partial charge in [0.25, 0.3) is 5.91 Å². The highest BCUT2D eigenvalue weighted by Crippen LogP contribution is 2.23. The smallest absolute Gasteiger partial charge is 0.261 e. The number of rotatable bonds is 4. The first-order valence-corrected chi connectivity index (χ1v) is 8.25. The molecule has 0 fully saturated rings. The van der Waals surface area contributed by atoms with Crippen LogP contribution in [0.25, 0.3) is 11.0 Å². The third-order valence-electron chi connectivity index (χ3n) is 3.79.